The molecule has 0 aliphatic carbocycles. The fourth-order valence-corrected chi connectivity index (χ4v) is 6.85. The van der Waals surface area contributed by atoms with E-state index in [1.807, 2.05) is 0 Å². The largest absolute Gasteiger partial charge is 0.480 e. The van der Waals surface area contributed by atoms with E-state index >= 15 is 0 Å². The molecule has 0 aromatic rings. The number of nitrogens with two attached hydrogens (primary N) is 9. The average Bonchev–Trinajstić information content (AvgIpc) is 3.28. The quantitative estimate of drug-likeness (QED) is 0.0158. The van der Waals surface area contributed by atoms with Crippen LogP contribution in [0.1, 0.15) is 128 Å². The van der Waals surface area contributed by atoms with Crippen molar-refractivity contribution < 1.29 is 38.7 Å². The molecule has 0 aromatic carbocycles. The molecule has 0 aromatic heterocycles. The number of carboxylic acids is 1. The van der Waals surface area contributed by atoms with Crippen LogP contribution in [0.2, 0.25) is 0 Å². The molecule has 7 atom stereocenters. The number of carboxylic acid groups (broad SMARTS) is 1. The van der Waals surface area contributed by atoms with Crippen LogP contribution in [-0.4, -0.2) is 141 Å². The second-order valence-electron chi connectivity index (χ2n) is 16.5. The molecular formula is C42H86N16O8. The summed E-state index contributed by atoms with van der Waals surface area (Å²) in [6.45, 7) is 2.20. The van der Waals surface area contributed by atoms with Gasteiger partial charge in [-0.2, -0.15) is 0 Å². The van der Waals surface area contributed by atoms with Gasteiger partial charge in [-0.1, -0.05) is 6.42 Å². The molecule has 382 valence electrons. The fourth-order valence-electron chi connectivity index (χ4n) is 6.85. The molecule has 0 saturated carbocycles. The summed E-state index contributed by atoms with van der Waals surface area (Å²) in [4.78, 5) is 98.8. The van der Waals surface area contributed by atoms with Gasteiger partial charge in [-0.3, -0.25) is 33.8 Å². The van der Waals surface area contributed by atoms with E-state index in [1.165, 1.54) is 0 Å². The summed E-state index contributed by atoms with van der Waals surface area (Å²) in [7, 11) is 0. The Bertz CT molecular complexity index is 1440. The number of carbonyl (C=O) groups excluding carboxylic acids is 6. The number of amides is 6. The minimum atomic E-state index is -1.27. The summed E-state index contributed by atoms with van der Waals surface area (Å²) in [5.41, 5.74) is 51.2. The van der Waals surface area contributed by atoms with Crippen molar-refractivity contribution >= 4 is 47.4 Å². The summed E-state index contributed by atoms with van der Waals surface area (Å²) in [5, 5.41) is 26.0. The molecule has 66 heavy (non-hydrogen) atoms. The Morgan fingerprint density at radius 1 is 0.364 bits per heavy atom. The second-order valence-corrected chi connectivity index (χ2v) is 16.5. The van der Waals surface area contributed by atoms with Crippen LogP contribution in [0.3, 0.4) is 0 Å². The Morgan fingerprint density at radius 2 is 0.606 bits per heavy atom. The highest BCUT2D eigenvalue weighted by atomic mass is 16.4. The summed E-state index contributed by atoms with van der Waals surface area (Å²) in [6.07, 6.45) is 7.49. The first-order valence-electron chi connectivity index (χ1n) is 23.7. The topological polar surface area (TPSA) is 458 Å². The lowest BCUT2D eigenvalue weighted by Crippen LogP contribution is -2.59. The van der Waals surface area contributed by atoms with Crippen LogP contribution in [-0.2, 0) is 33.6 Å². The first kappa shape index (κ1) is 61.3. The number of nitrogens with zero attached hydrogens (tertiary/aromatic N) is 1. The van der Waals surface area contributed by atoms with Gasteiger partial charge in [-0.05, 0) is 161 Å². The summed E-state index contributed by atoms with van der Waals surface area (Å²) >= 11 is 0. The zero-order chi connectivity index (χ0) is 49.7. The molecule has 0 bridgehead atoms. The van der Waals surface area contributed by atoms with Gasteiger partial charge in [-0.15, -0.1) is 0 Å². The van der Waals surface area contributed by atoms with Crippen LogP contribution in [0.4, 0.5) is 0 Å². The maximum atomic E-state index is 14.2. The molecule has 0 spiro atoms. The minimum absolute atomic E-state index is 0.00247. The van der Waals surface area contributed by atoms with E-state index < -0.39 is 83.7 Å². The molecular weight excluding hydrogens is 857 g/mol. The van der Waals surface area contributed by atoms with E-state index in [0.717, 1.165) is 0 Å². The third-order valence-electron chi connectivity index (χ3n) is 10.8. The van der Waals surface area contributed by atoms with E-state index in [2.05, 4.69) is 36.9 Å². The molecule has 24 heteroatoms. The highest BCUT2D eigenvalue weighted by Gasteiger charge is 2.33. The monoisotopic (exact) mass is 943 g/mol. The maximum Gasteiger partial charge on any atom is 0.326 e. The predicted octanol–water partition coefficient (Wildman–Crippen LogP) is -3.87. The van der Waals surface area contributed by atoms with Gasteiger partial charge < -0.3 is 88.6 Å². The van der Waals surface area contributed by atoms with Crippen molar-refractivity contribution in [2.45, 2.75) is 171 Å². The lowest BCUT2D eigenvalue weighted by molar-refractivity contribution is -0.142. The first-order valence-corrected chi connectivity index (χ1v) is 23.7. The van der Waals surface area contributed by atoms with E-state index in [9.17, 15) is 38.7 Å². The summed E-state index contributed by atoms with van der Waals surface area (Å²) < 4.78 is 0. The number of guanidine groups is 1. The van der Waals surface area contributed by atoms with Crippen LogP contribution < -0.4 is 83.5 Å². The molecule has 24 nitrogen and oxygen atoms in total. The van der Waals surface area contributed by atoms with Crippen LogP contribution in [0.5, 0.6) is 0 Å². The van der Waals surface area contributed by atoms with Gasteiger partial charge >= 0.3 is 5.97 Å². The molecule has 0 radical (unpaired) electrons. The van der Waals surface area contributed by atoms with Crippen LogP contribution in [0, 0.1) is 0 Å². The van der Waals surface area contributed by atoms with Gasteiger partial charge in [-0.25, -0.2) is 4.79 Å². The van der Waals surface area contributed by atoms with E-state index in [0.29, 0.717) is 123 Å². The summed E-state index contributed by atoms with van der Waals surface area (Å²) in [5.74, 6) is -5.49. The highest BCUT2D eigenvalue weighted by molar-refractivity contribution is 5.97. The van der Waals surface area contributed by atoms with Crippen molar-refractivity contribution in [1.29, 1.82) is 0 Å². The summed E-state index contributed by atoms with van der Waals surface area (Å²) in [6, 6.07) is -7.98. The molecule has 0 saturated heterocycles. The third-order valence-corrected chi connectivity index (χ3v) is 10.8. The smallest absolute Gasteiger partial charge is 0.326 e. The van der Waals surface area contributed by atoms with Gasteiger partial charge in [0.25, 0.3) is 0 Å². The average molecular weight is 943 g/mol. The Morgan fingerprint density at radius 3 is 0.879 bits per heavy atom. The standard InChI is InChI=1S/C42H86N16O8/c43-21-7-1-14-28(49)35(59)53-29(15-2-8-22-44)36(60)54-30(16-3-9-23-45)37(61)55-31(17-4-10-24-46)38(62)57-33(20-13-27-52-42(50)51)39(63)56-32(18-5-11-25-47)40(64)58-34(41(65)66)19-6-12-26-48/h28-34H,1-27,43-49H2,(H,53,59)(H,54,60)(H,55,61)(H,56,63)(H,57,62)(H,58,64)(H,65,66)(H4,50,51,52)/t28-,29-,30-,31-,32-,33-,34-/m0/s1. The number of carbonyl (C=O) groups is 7. The number of hydrogen-bond acceptors (Lipinski definition) is 15. The maximum absolute atomic E-state index is 14.2. The predicted molar refractivity (Wildman–Crippen MR) is 255 cm³/mol. The molecule has 0 unspecified atom stereocenters. The normalized spacial score (nSPS) is 14.3. The Kier molecular flexibility index (Phi) is 35.6. The SMILES string of the molecule is NCCCC[C@H](NC(=O)[C@H](CCCCN)NC(=O)[C@H](CCCN=C(N)N)NC(=O)[C@H](CCCCN)NC(=O)[C@H](CCCCN)NC(=O)[C@H](CCCCN)NC(=O)[C@@H](N)CCCCN)C(=O)O. The van der Waals surface area contributed by atoms with Crippen molar-refractivity contribution in [1.82, 2.24) is 31.9 Å². The highest BCUT2D eigenvalue weighted by Crippen LogP contribution is 2.11. The van der Waals surface area contributed by atoms with Crippen LogP contribution >= 0.6 is 0 Å². The van der Waals surface area contributed by atoms with E-state index in [4.69, 9.17) is 51.6 Å². The zero-order valence-corrected chi connectivity index (χ0v) is 39.1. The zero-order valence-electron chi connectivity index (χ0n) is 39.1. The van der Waals surface area contributed by atoms with Crippen molar-refractivity contribution in [2.24, 2.45) is 56.6 Å². The van der Waals surface area contributed by atoms with Gasteiger partial charge in [0, 0.05) is 6.54 Å². The first-order chi connectivity index (χ1) is 31.6. The molecule has 0 rings (SSSR count). The molecule has 0 aliphatic heterocycles. The Balaban J connectivity index is 6.65. The van der Waals surface area contributed by atoms with Gasteiger partial charge in [0.2, 0.25) is 35.4 Å². The van der Waals surface area contributed by atoms with Gasteiger partial charge in [0.1, 0.15) is 36.3 Å². The van der Waals surface area contributed by atoms with Crippen molar-refractivity contribution in [2.75, 3.05) is 45.8 Å². The molecule has 0 heterocycles. The van der Waals surface area contributed by atoms with Gasteiger partial charge in [0.05, 0.1) is 6.04 Å². The number of aliphatic imine (C=N–C) groups is 1. The van der Waals surface area contributed by atoms with Crippen LogP contribution in [0.15, 0.2) is 4.99 Å². The minimum Gasteiger partial charge on any atom is -0.480 e. The van der Waals surface area contributed by atoms with E-state index in [-0.39, 0.29) is 57.5 Å². The van der Waals surface area contributed by atoms with Gasteiger partial charge in [0.15, 0.2) is 5.96 Å². The number of rotatable bonds is 41. The lowest BCUT2D eigenvalue weighted by Gasteiger charge is -2.28. The number of hydrogen-bond donors (Lipinski definition) is 16. The number of aliphatic carboxylic acids is 1. The second kappa shape index (κ2) is 38.4. The molecule has 6 amide bonds. The van der Waals surface area contributed by atoms with Crippen molar-refractivity contribution in [3.63, 3.8) is 0 Å². The molecule has 25 N–H and O–H groups in total. The third kappa shape index (κ3) is 28.3. The Labute approximate surface area is 390 Å². The van der Waals surface area contributed by atoms with Crippen molar-refractivity contribution in [3.8, 4) is 0 Å². The molecule has 0 fully saturated rings. The molecule has 0 aliphatic rings. The fraction of sp³-hybridized carbons (Fsp3) is 0.810. The Hall–Kier alpha value is -4.72. The van der Waals surface area contributed by atoms with Crippen LogP contribution in [0.25, 0.3) is 0 Å². The number of nitrogens with one attached hydrogen (secondary N) is 6. The van der Waals surface area contributed by atoms with E-state index in [1.54, 1.807) is 0 Å². The lowest BCUT2D eigenvalue weighted by atomic mass is 10.0. The van der Waals surface area contributed by atoms with Crippen molar-refractivity contribution in [3.05, 3.63) is 0 Å². The number of unbranched alkanes of at least 4 members (excludes halogenated alkanes) is 6.